The van der Waals surface area contributed by atoms with E-state index < -0.39 is 0 Å². The number of aliphatic hydroxyl groups excluding tert-OH is 1. The summed E-state index contributed by atoms with van der Waals surface area (Å²) in [4.78, 5) is 92.6. The first-order valence-corrected chi connectivity index (χ1v) is 26.7. The molecule has 0 bridgehead atoms. The van der Waals surface area contributed by atoms with Gasteiger partial charge in [0.1, 0.15) is 67.9 Å². The van der Waals surface area contributed by atoms with E-state index in [1.807, 2.05) is 133 Å². The van der Waals surface area contributed by atoms with Crippen molar-refractivity contribution in [3.05, 3.63) is 83.9 Å². The van der Waals surface area contributed by atoms with Gasteiger partial charge >= 0.3 is 0 Å². The van der Waals surface area contributed by atoms with Gasteiger partial charge in [0.05, 0.1) is 0 Å². The molecule has 1 saturated heterocycles. The van der Waals surface area contributed by atoms with E-state index in [0.717, 1.165) is 44.2 Å². The number of carbonyl (C=O) groups is 11. The smallest absolute Gasteiger partial charge is 0.219 e. The summed E-state index contributed by atoms with van der Waals surface area (Å²) in [6, 6.07) is 20.9. The van der Waals surface area contributed by atoms with Crippen molar-refractivity contribution in [2.24, 2.45) is 46.2 Å². The molecule has 25 N–H and O–H groups in total. The molecular formula is C63H155N11O12. The van der Waals surface area contributed by atoms with Crippen LogP contribution in [0.15, 0.2) is 72.8 Å². The number of rotatable bonds is 5. The van der Waals surface area contributed by atoms with Crippen LogP contribution >= 0.6 is 0 Å². The zero-order chi connectivity index (χ0) is 72.8. The summed E-state index contributed by atoms with van der Waals surface area (Å²) in [7, 11) is 9.00. The first-order valence-electron chi connectivity index (χ1n) is 26.7. The Bertz CT molecular complexity index is 969. The molecule has 0 saturated carbocycles. The number of hydrogen-bond acceptors (Lipinski definition) is 22. The standard InChI is InChI=1S/2C8H10.C7H13NO.2C5H12.C5H10.C3H8O.3C2H6.6CH5N.10CH2O.4H3N/c2*1-2-8-6-4-3-5-7-8;1-7(9)8-5-3-2-4-6-8;3*1-4-5(2)3;1-3(2)4;19*1-2;;;;/h2*3-7H,2H2,1H3;2-6H2,1H3;2*5H,4H2,1-3H3;2,4H2,1,3H3;3-4H,1-2H3;3*1-2H3;6*2H2,1H3;10*1H2;4*1H3. The lowest BCUT2D eigenvalue weighted by Gasteiger charge is -2.24. The Morgan fingerprint density at radius 2 is 0.547 bits per heavy atom. The summed E-state index contributed by atoms with van der Waals surface area (Å²) in [6.45, 7) is 64.5. The van der Waals surface area contributed by atoms with Crippen LogP contribution in [0, 0.1) is 11.8 Å². The number of piperidine rings is 1. The van der Waals surface area contributed by atoms with Gasteiger partial charge in [0.25, 0.3) is 0 Å². The average molecular weight is 1260 g/mol. The normalized spacial score (nSPS) is 6.85. The summed E-state index contributed by atoms with van der Waals surface area (Å²) in [6.07, 6.45) is 9.52. The second-order valence-electron chi connectivity index (χ2n) is 12.3. The van der Waals surface area contributed by atoms with Crippen molar-refractivity contribution >= 4 is 73.8 Å². The van der Waals surface area contributed by atoms with Crippen LogP contribution in [0.5, 0.6) is 0 Å². The molecule has 2 aromatic rings. The molecule has 86 heavy (non-hydrogen) atoms. The van der Waals surface area contributed by atoms with Crippen LogP contribution in [0.3, 0.4) is 0 Å². The van der Waals surface area contributed by atoms with Gasteiger partial charge in [0, 0.05) is 26.1 Å². The van der Waals surface area contributed by atoms with Gasteiger partial charge in [-0.1, -0.05) is 183 Å². The van der Waals surface area contributed by atoms with Gasteiger partial charge in [0.2, 0.25) is 5.91 Å². The highest BCUT2D eigenvalue weighted by Gasteiger charge is 2.11. The molecule has 0 unspecified atom stereocenters. The van der Waals surface area contributed by atoms with Crippen molar-refractivity contribution in [3.63, 3.8) is 0 Å². The molecule has 1 heterocycles. The Balaban J connectivity index is -0.0000000173. The van der Waals surface area contributed by atoms with E-state index in [-0.39, 0.29) is 36.6 Å². The minimum absolute atomic E-state index is 0. The molecule has 1 amide bonds. The topological polar surface area (TPSA) is 507 Å². The number of likely N-dealkylation sites (tertiary alicyclic amines) is 1. The molecule has 0 aliphatic carbocycles. The molecule has 0 radical (unpaired) electrons. The highest BCUT2D eigenvalue weighted by atomic mass is 16.3. The Kier molecular flexibility index (Phi) is 689. The third-order valence-corrected chi connectivity index (χ3v) is 6.54. The molecule has 0 spiro atoms. The van der Waals surface area contributed by atoms with E-state index in [9.17, 15) is 4.79 Å². The summed E-state index contributed by atoms with van der Waals surface area (Å²) in [5.74, 6) is 2.00. The molecular weight excluding hydrogens is 1100 g/mol. The number of nitrogens with zero attached hydrogens (tertiary/aromatic N) is 1. The zero-order valence-electron chi connectivity index (χ0n) is 61.0. The average Bonchev–Trinajstić information content (AvgIpc) is 3.60. The van der Waals surface area contributed by atoms with Crippen molar-refractivity contribution in [2.45, 2.75) is 189 Å². The number of aryl methyl sites for hydroxylation is 2. The number of amides is 1. The fourth-order valence-electron chi connectivity index (χ4n) is 2.64. The SMILES string of the molecule is C=C(C)CC.C=O.C=O.C=O.C=O.C=O.C=O.C=O.C=O.C=O.C=O.CC.CC.CC.CC(=O)N1CCCCC1.CC(C)O.CCC(C)C.CCC(C)C.CCc1ccccc1.CCc1ccccc1.CN.CN.CN.CN.CN.CN.N.N.N.N. The molecule has 534 valence electrons. The lowest BCUT2D eigenvalue weighted by Crippen LogP contribution is -2.33. The van der Waals surface area contributed by atoms with Crippen molar-refractivity contribution in [2.75, 3.05) is 55.4 Å². The van der Waals surface area contributed by atoms with E-state index in [1.54, 1.807) is 20.8 Å². The predicted molar refractivity (Wildman–Crippen MR) is 386 cm³/mol. The molecule has 23 nitrogen and oxygen atoms in total. The van der Waals surface area contributed by atoms with Gasteiger partial charge in [-0.2, -0.15) is 0 Å². The van der Waals surface area contributed by atoms with Crippen molar-refractivity contribution < 1.29 is 57.8 Å². The zero-order valence-corrected chi connectivity index (χ0v) is 61.0. The first-order chi connectivity index (χ1) is 39.7. The summed E-state index contributed by atoms with van der Waals surface area (Å²) >= 11 is 0. The molecule has 23 heteroatoms. The van der Waals surface area contributed by atoms with E-state index in [4.69, 9.17) is 53.1 Å². The number of allylic oxidation sites excluding steroid dienone is 1. The van der Waals surface area contributed by atoms with Crippen molar-refractivity contribution in [1.82, 2.24) is 29.5 Å². The van der Waals surface area contributed by atoms with Crippen LogP contribution in [-0.4, -0.2) is 145 Å². The number of carbonyl (C=O) groups excluding carboxylic acids is 11. The van der Waals surface area contributed by atoms with Gasteiger partial charge in [-0.05, 0) is 125 Å². The molecule has 1 fully saturated rings. The van der Waals surface area contributed by atoms with Crippen LogP contribution in [0.2, 0.25) is 0 Å². The Labute approximate surface area is 533 Å². The minimum Gasteiger partial charge on any atom is -0.394 e. The number of nitrogens with two attached hydrogens (primary N) is 6. The van der Waals surface area contributed by atoms with Gasteiger partial charge in [-0.25, -0.2) is 0 Å². The molecule has 2 aromatic carbocycles. The summed E-state index contributed by atoms with van der Waals surface area (Å²) < 4.78 is 0. The van der Waals surface area contributed by atoms with E-state index in [1.165, 1.54) is 91.1 Å². The maximum absolute atomic E-state index is 10.7. The molecule has 1 aliphatic rings. The lowest BCUT2D eigenvalue weighted by molar-refractivity contribution is -0.129. The van der Waals surface area contributed by atoms with Gasteiger partial charge in [0.15, 0.2) is 0 Å². The third-order valence-electron chi connectivity index (χ3n) is 6.54. The van der Waals surface area contributed by atoms with E-state index >= 15 is 0 Å². The molecule has 1 aliphatic heterocycles. The first kappa shape index (κ1) is 178. The van der Waals surface area contributed by atoms with Crippen LogP contribution in [0.1, 0.15) is 181 Å². The maximum atomic E-state index is 10.7. The van der Waals surface area contributed by atoms with Crippen LogP contribution < -0.4 is 59.0 Å². The Hall–Kier alpha value is -6.09. The van der Waals surface area contributed by atoms with Gasteiger partial charge < -0.3 is 117 Å². The largest absolute Gasteiger partial charge is 0.394 e. The molecule has 0 atom stereocenters. The lowest BCUT2D eigenvalue weighted by atomic mass is 10.1. The fraction of sp³-hybridized carbons (Fsp3) is 0.603. The maximum Gasteiger partial charge on any atom is 0.219 e. The van der Waals surface area contributed by atoms with E-state index in [0.29, 0.717) is 0 Å². The summed E-state index contributed by atoms with van der Waals surface area (Å²) in [5, 5.41) is 8.06. The van der Waals surface area contributed by atoms with Crippen molar-refractivity contribution in [1.29, 1.82) is 0 Å². The highest BCUT2D eigenvalue weighted by Crippen LogP contribution is 2.07. The second-order valence-corrected chi connectivity index (χ2v) is 12.3. The molecule has 3 rings (SSSR count). The third kappa shape index (κ3) is 453. The van der Waals surface area contributed by atoms with E-state index in [2.05, 4.69) is 152 Å². The Morgan fingerprint density at radius 3 is 0.616 bits per heavy atom. The highest BCUT2D eigenvalue weighted by molar-refractivity contribution is 5.73. The minimum atomic E-state index is -0.167. The van der Waals surface area contributed by atoms with Crippen LogP contribution in [-0.2, 0) is 65.6 Å². The Morgan fingerprint density at radius 1 is 0.407 bits per heavy atom. The molecule has 0 aromatic heterocycles. The van der Waals surface area contributed by atoms with Crippen LogP contribution in [0.4, 0.5) is 0 Å². The number of aliphatic hydroxyl groups is 1. The monoisotopic (exact) mass is 1260 g/mol. The fourth-order valence-corrected chi connectivity index (χ4v) is 2.64. The van der Waals surface area contributed by atoms with Crippen molar-refractivity contribution in [3.8, 4) is 0 Å². The van der Waals surface area contributed by atoms with Gasteiger partial charge in [-0.15, -0.1) is 6.58 Å². The second kappa shape index (κ2) is 333. The summed E-state index contributed by atoms with van der Waals surface area (Å²) in [5.41, 5.74) is 31.1. The van der Waals surface area contributed by atoms with Gasteiger partial charge in [-0.3, -0.25) is 4.79 Å². The number of hydrogen-bond donors (Lipinski definition) is 11. The quantitative estimate of drug-likeness (QED) is 0.124. The van der Waals surface area contributed by atoms with Crippen LogP contribution in [0.25, 0.3) is 0 Å². The number of benzene rings is 2. The predicted octanol–water partition coefficient (Wildman–Crippen LogP) is 11.3.